The van der Waals surface area contributed by atoms with Crippen LogP contribution in [0.25, 0.3) is 22.2 Å². The lowest BCUT2D eigenvalue weighted by Gasteiger charge is -2.07. The van der Waals surface area contributed by atoms with E-state index < -0.39 is 0 Å². The minimum Gasteiger partial charge on any atom is -0.384 e. The molecule has 0 bridgehead atoms. The van der Waals surface area contributed by atoms with E-state index in [1.165, 1.54) is 0 Å². The standard InChI is InChI=1S/C18H17N3O/c1-21-17-6-4-3-5-15(17)16(10-19)18(21)14-9-13(7-8-22-2)11-20-12-14/h3-6,9,11-12H,7-8H2,1-2H3. The number of aryl methyl sites for hydroxylation is 1. The highest BCUT2D eigenvalue weighted by molar-refractivity contribution is 5.94. The number of hydrogen-bond donors (Lipinski definition) is 0. The fourth-order valence-electron chi connectivity index (χ4n) is 2.82. The number of rotatable bonds is 4. The third-order valence-electron chi connectivity index (χ3n) is 3.88. The van der Waals surface area contributed by atoms with Gasteiger partial charge in [-0.3, -0.25) is 4.98 Å². The normalized spacial score (nSPS) is 10.8. The Labute approximate surface area is 129 Å². The molecule has 1 aromatic carbocycles. The predicted octanol–water partition coefficient (Wildman–Crippen LogP) is 3.30. The summed E-state index contributed by atoms with van der Waals surface area (Å²) in [4.78, 5) is 4.32. The van der Waals surface area contributed by atoms with E-state index in [2.05, 4.69) is 21.7 Å². The van der Waals surface area contributed by atoms with Crippen molar-refractivity contribution in [2.45, 2.75) is 6.42 Å². The molecule has 0 radical (unpaired) electrons. The van der Waals surface area contributed by atoms with Crippen LogP contribution in [0, 0.1) is 11.3 Å². The molecule has 110 valence electrons. The number of methoxy groups -OCH3 is 1. The topological polar surface area (TPSA) is 50.8 Å². The van der Waals surface area contributed by atoms with Gasteiger partial charge in [-0.2, -0.15) is 5.26 Å². The molecule has 0 aliphatic heterocycles. The smallest absolute Gasteiger partial charge is 0.102 e. The summed E-state index contributed by atoms with van der Waals surface area (Å²) in [6.45, 7) is 0.658. The molecule has 4 heteroatoms. The summed E-state index contributed by atoms with van der Waals surface area (Å²) >= 11 is 0. The first-order valence-electron chi connectivity index (χ1n) is 7.17. The van der Waals surface area contributed by atoms with Crippen LogP contribution in [-0.2, 0) is 18.2 Å². The van der Waals surface area contributed by atoms with Crippen molar-refractivity contribution in [3.63, 3.8) is 0 Å². The van der Waals surface area contributed by atoms with E-state index in [9.17, 15) is 5.26 Å². The van der Waals surface area contributed by atoms with Crippen molar-refractivity contribution in [2.75, 3.05) is 13.7 Å². The van der Waals surface area contributed by atoms with Gasteiger partial charge in [0.15, 0.2) is 0 Å². The molecule has 0 saturated carbocycles. The van der Waals surface area contributed by atoms with Gasteiger partial charge in [-0.25, -0.2) is 0 Å². The molecule has 0 N–H and O–H groups in total. The molecule has 2 aromatic heterocycles. The molecule has 0 unspecified atom stereocenters. The maximum absolute atomic E-state index is 9.60. The van der Waals surface area contributed by atoms with Gasteiger partial charge in [-0.05, 0) is 24.1 Å². The van der Waals surface area contributed by atoms with Gasteiger partial charge >= 0.3 is 0 Å². The van der Waals surface area contributed by atoms with E-state index in [1.807, 2.05) is 43.7 Å². The minimum absolute atomic E-state index is 0.658. The zero-order valence-corrected chi connectivity index (χ0v) is 12.7. The molecular formula is C18H17N3O. The molecule has 2 heterocycles. The van der Waals surface area contributed by atoms with Gasteiger partial charge in [-0.15, -0.1) is 0 Å². The molecule has 0 saturated heterocycles. The van der Waals surface area contributed by atoms with Gasteiger partial charge in [0.25, 0.3) is 0 Å². The largest absolute Gasteiger partial charge is 0.384 e. The monoisotopic (exact) mass is 291 g/mol. The third kappa shape index (κ3) is 2.36. The lowest BCUT2D eigenvalue weighted by Crippen LogP contribution is -1.98. The fraction of sp³-hybridized carbons (Fsp3) is 0.222. The van der Waals surface area contributed by atoms with Crippen LogP contribution < -0.4 is 0 Å². The van der Waals surface area contributed by atoms with E-state index in [0.29, 0.717) is 12.2 Å². The fourth-order valence-corrected chi connectivity index (χ4v) is 2.82. The first kappa shape index (κ1) is 14.3. The maximum Gasteiger partial charge on any atom is 0.102 e. The van der Waals surface area contributed by atoms with Crippen LogP contribution in [0.5, 0.6) is 0 Å². The van der Waals surface area contributed by atoms with Crippen LogP contribution >= 0.6 is 0 Å². The Kier molecular flexibility index (Phi) is 3.90. The Morgan fingerprint density at radius 3 is 2.86 bits per heavy atom. The Balaban J connectivity index is 2.18. The van der Waals surface area contributed by atoms with Gasteiger partial charge in [0, 0.05) is 43.0 Å². The molecule has 0 amide bonds. The summed E-state index contributed by atoms with van der Waals surface area (Å²) in [6.07, 6.45) is 4.46. The van der Waals surface area contributed by atoms with Gasteiger partial charge in [0.2, 0.25) is 0 Å². The predicted molar refractivity (Wildman–Crippen MR) is 86.4 cm³/mol. The Morgan fingerprint density at radius 1 is 1.27 bits per heavy atom. The minimum atomic E-state index is 0.658. The van der Waals surface area contributed by atoms with Gasteiger partial charge < -0.3 is 9.30 Å². The molecule has 4 nitrogen and oxygen atoms in total. The second kappa shape index (κ2) is 6.00. The number of para-hydroxylation sites is 1. The number of nitriles is 1. The summed E-state index contributed by atoms with van der Waals surface area (Å²) in [6, 6.07) is 12.4. The Bertz CT molecular complexity index is 858. The molecule has 3 rings (SSSR count). The zero-order chi connectivity index (χ0) is 15.5. The number of pyridine rings is 1. The van der Waals surface area contributed by atoms with E-state index in [-0.39, 0.29) is 0 Å². The van der Waals surface area contributed by atoms with Crippen molar-refractivity contribution >= 4 is 10.9 Å². The Morgan fingerprint density at radius 2 is 2.09 bits per heavy atom. The number of fused-ring (bicyclic) bond motifs is 1. The first-order chi connectivity index (χ1) is 10.8. The summed E-state index contributed by atoms with van der Waals surface area (Å²) in [7, 11) is 3.68. The second-order valence-corrected chi connectivity index (χ2v) is 5.24. The lowest BCUT2D eigenvalue weighted by molar-refractivity contribution is 0.202. The number of nitrogens with zero attached hydrogens (tertiary/aromatic N) is 3. The van der Waals surface area contributed by atoms with Crippen molar-refractivity contribution in [3.8, 4) is 17.3 Å². The number of benzene rings is 1. The average molecular weight is 291 g/mol. The highest BCUT2D eigenvalue weighted by Crippen LogP contribution is 2.32. The number of ether oxygens (including phenoxy) is 1. The van der Waals surface area contributed by atoms with Crippen LogP contribution in [0.15, 0.2) is 42.7 Å². The molecule has 0 atom stereocenters. The van der Waals surface area contributed by atoms with Crippen LogP contribution in [0.4, 0.5) is 0 Å². The van der Waals surface area contributed by atoms with Crippen molar-refractivity contribution in [3.05, 3.63) is 53.9 Å². The number of aromatic nitrogens is 2. The Hall–Kier alpha value is -2.64. The van der Waals surface area contributed by atoms with Crippen molar-refractivity contribution < 1.29 is 4.74 Å². The quantitative estimate of drug-likeness (QED) is 0.741. The molecule has 0 aliphatic carbocycles. The average Bonchev–Trinajstić information content (AvgIpc) is 2.86. The molecule has 0 fully saturated rings. The van der Waals surface area contributed by atoms with E-state index >= 15 is 0 Å². The van der Waals surface area contributed by atoms with Crippen molar-refractivity contribution in [1.82, 2.24) is 9.55 Å². The third-order valence-corrected chi connectivity index (χ3v) is 3.88. The van der Waals surface area contributed by atoms with Crippen LogP contribution in [-0.4, -0.2) is 23.3 Å². The highest BCUT2D eigenvalue weighted by atomic mass is 16.5. The highest BCUT2D eigenvalue weighted by Gasteiger charge is 2.16. The molecule has 0 spiro atoms. The summed E-state index contributed by atoms with van der Waals surface area (Å²) in [5.74, 6) is 0. The summed E-state index contributed by atoms with van der Waals surface area (Å²) in [5, 5.41) is 10.6. The molecule has 0 aliphatic rings. The van der Waals surface area contributed by atoms with Crippen molar-refractivity contribution in [2.24, 2.45) is 7.05 Å². The second-order valence-electron chi connectivity index (χ2n) is 5.24. The molecule has 3 aromatic rings. The number of hydrogen-bond acceptors (Lipinski definition) is 3. The van der Waals surface area contributed by atoms with Crippen LogP contribution in [0.2, 0.25) is 0 Å². The first-order valence-corrected chi connectivity index (χ1v) is 7.17. The van der Waals surface area contributed by atoms with Gasteiger partial charge in [0.05, 0.1) is 17.9 Å². The maximum atomic E-state index is 9.60. The van der Waals surface area contributed by atoms with Gasteiger partial charge in [-0.1, -0.05) is 18.2 Å². The van der Waals surface area contributed by atoms with E-state index in [4.69, 9.17) is 4.74 Å². The lowest BCUT2D eigenvalue weighted by atomic mass is 10.1. The molecular weight excluding hydrogens is 274 g/mol. The van der Waals surface area contributed by atoms with E-state index in [1.54, 1.807) is 7.11 Å². The van der Waals surface area contributed by atoms with E-state index in [0.717, 1.165) is 34.1 Å². The zero-order valence-electron chi connectivity index (χ0n) is 12.7. The van der Waals surface area contributed by atoms with Crippen LogP contribution in [0.3, 0.4) is 0 Å². The van der Waals surface area contributed by atoms with Crippen LogP contribution in [0.1, 0.15) is 11.1 Å². The summed E-state index contributed by atoms with van der Waals surface area (Å²) < 4.78 is 7.18. The van der Waals surface area contributed by atoms with Gasteiger partial charge in [0.1, 0.15) is 6.07 Å². The van der Waals surface area contributed by atoms with Crippen molar-refractivity contribution in [1.29, 1.82) is 5.26 Å². The summed E-state index contributed by atoms with van der Waals surface area (Å²) in [5.41, 5.74) is 4.73. The SMILES string of the molecule is COCCc1cncc(-c2c(C#N)c3ccccc3n2C)c1. The molecule has 22 heavy (non-hydrogen) atoms.